The van der Waals surface area contributed by atoms with Crippen LogP contribution in [0, 0.1) is 18.7 Å². The Bertz CT molecular complexity index is 596. The van der Waals surface area contributed by atoms with Gasteiger partial charge in [0.25, 0.3) is 0 Å². The maximum Gasteiger partial charge on any atom is 0.133 e. The smallest absolute Gasteiger partial charge is 0.133 e. The minimum absolute atomic E-state index is 0.287. The van der Waals surface area contributed by atoms with Crippen LogP contribution in [-0.2, 0) is 6.54 Å². The van der Waals surface area contributed by atoms with Crippen LogP contribution in [-0.4, -0.2) is 11.5 Å². The number of aromatic nitrogens is 1. The van der Waals surface area contributed by atoms with Crippen LogP contribution in [0.5, 0.6) is 0 Å². The third-order valence-corrected chi connectivity index (χ3v) is 4.32. The van der Waals surface area contributed by atoms with Crippen molar-refractivity contribution >= 4 is 22.9 Å². The Balaban J connectivity index is 2.20. The summed E-state index contributed by atoms with van der Waals surface area (Å²) in [6, 6.07) is 4.55. The molecule has 0 radical (unpaired) electrons. The highest BCUT2D eigenvalue weighted by molar-refractivity contribution is 7.15. The molecule has 1 N–H and O–H groups in total. The van der Waals surface area contributed by atoms with Gasteiger partial charge in [0.05, 0.1) is 5.69 Å². The molecule has 0 aliphatic carbocycles. The topological polar surface area (TPSA) is 24.9 Å². The van der Waals surface area contributed by atoms with Crippen LogP contribution in [0.15, 0.2) is 18.2 Å². The first-order valence-electron chi connectivity index (χ1n) is 6.60. The van der Waals surface area contributed by atoms with Gasteiger partial charge < -0.3 is 5.32 Å². The van der Waals surface area contributed by atoms with Crippen molar-refractivity contribution in [2.75, 3.05) is 6.54 Å². The van der Waals surface area contributed by atoms with Crippen molar-refractivity contribution in [3.05, 3.63) is 39.6 Å². The largest absolute Gasteiger partial charge is 0.312 e. The molecule has 2 aromatic rings. The van der Waals surface area contributed by atoms with Gasteiger partial charge in [0.15, 0.2) is 0 Å². The van der Waals surface area contributed by atoms with E-state index in [1.54, 1.807) is 12.1 Å². The average Bonchev–Trinajstić information content (AvgIpc) is 2.73. The number of benzene rings is 1. The van der Waals surface area contributed by atoms with Crippen LogP contribution in [0.2, 0.25) is 5.02 Å². The average molecular weight is 313 g/mol. The van der Waals surface area contributed by atoms with Crippen LogP contribution in [0.1, 0.15) is 24.4 Å². The van der Waals surface area contributed by atoms with Crippen molar-refractivity contribution in [3.8, 4) is 10.6 Å². The molecule has 0 amide bonds. The van der Waals surface area contributed by atoms with Gasteiger partial charge in [-0.1, -0.05) is 25.4 Å². The van der Waals surface area contributed by atoms with E-state index >= 15 is 0 Å². The zero-order chi connectivity index (χ0) is 14.7. The lowest BCUT2D eigenvalue weighted by Gasteiger charge is -2.05. The molecule has 1 heterocycles. The Morgan fingerprint density at radius 1 is 1.40 bits per heavy atom. The predicted molar refractivity (Wildman–Crippen MR) is 83.8 cm³/mol. The Morgan fingerprint density at radius 3 is 2.85 bits per heavy atom. The van der Waals surface area contributed by atoms with Gasteiger partial charge >= 0.3 is 0 Å². The Morgan fingerprint density at radius 2 is 2.15 bits per heavy atom. The van der Waals surface area contributed by atoms with Gasteiger partial charge in [-0.05, 0) is 37.6 Å². The number of hydrogen-bond acceptors (Lipinski definition) is 3. The molecule has 2 nitrogen and oxygen atoms in total. The molecule has 1 aromatic carbocycles. The van der Waals surface area contributed by atoms with E-state index in [0.29, 0.717) is 21.5 Å². The number of hydrogen-bond donors (Lipinski definition) is 1. The van der Waals surface area contributed by atoms with Crippen LogP contribution < -0.4 is 5.32 Å². The number of thiazole rings is 1. The molecule has 0 saturated carbocycles. The highest BCUT2D eigenvalue weighted by Crippen LogP contribution is 2.31. The van der Waals surface area contributed by atoms with Gasteiger partial charge in [0.2, 0.25) is 0 Å². The van der Waals surface area contributed by atoms with Crippen molar-refractivity contribution in [2.45, 2.75) is 27.3 Å². The Kier molecular flexibility index (Phi) is 5.13. The first kappa shape index (κ1) is 15.4. The summed E-state index contributed by atoms with van der Waals surface area (Å²) < 4.78 is 13.8. The minimum Gasteiger partial charge on any atom is -0.312 e. The van der Waals surface area contributed by atoms with Crippen molar-refractivity contribution in [1.82, 2.24) is 10.3 Å². The summed E-state index contributed by atoms with van der Waals surface area (Å²) in [7, 11) is 0. The van der Waals surface area contributed by atoms with E-state index in [9.17, 15) is 4.39 Å². The molecule has 2 rings (SSSR count). The summed E-state index contributed by atoms with van der Waals surface area (Å²) in [4.78, 5) is 5.60. The third-order valence-electron chi connectivity index (χ3n) is 2.89. The molecule has 20 heavy (non-hydrogen) atoms. The molecule has 0 fully saturated rings. The Labute approximate surface area is 128 Å². The molecular weight excluding hydrogens is 295 g/mol. The van der Waals surface area contributed by atoms with Gasteiger partial charge in [-0.3, -0.25) is 0 Å². The summed E-state index contributed by atoms with van der Waals surface area (Å²) in [5.41, 5.74) is 1.42. The fourth-order valence-electron chi connectivity index (χ4n) is 1.84. The quantitative estimate of drug-likeness (QED) is 0.868. The molecule has 0 atom stereocenters. The normalized spacial score (nSPS) is 11.3. The summed E-state index contributed by atoms with van der Waals surface area (Å²) in [6.45, 7) is 8.01. The van der Waals surface area contributed by atoms with Crippen LogP contribution in [0.25, 0.3) is 10.6 Å². The zero-order valence-corrected chi connectivity index (χ0v) is 13.4. The van der Waals surface area contributed by atoms with E-state index in [-0.39, 0.29) is 5.82 Å². The summed E-state index contributed by atoms with van der Waals surface area (Å²) in [5, 5.41) is 4.59. The number of halogens is 2. The summed E-state index contributed by atoms with van der Waals surface area (Å²) >= 11 is 7.44. The van der Waals surface area contributed by atoms with Crippen LogP contribution >= 0.6 is 22.9 Å². The van der Waals surface area contributed by atoms with Crippen molar-refractivity contribution in [3.63, 3.8) is 0 Å². The van der Waals surface area contributed by atoms with Gasteiger partial charge in [-0.2, -0.15) is 0 Å². The lowest BCUT2D eigenvalue weighted by Crippen LogP contribution is -2.18. The van der Waals surface area contributed by atoms with E-state index in [0.717, 1.165) is 23.7 Å². The molecule has 0 spiro atoms. The number of rotatable bonds is 5. The van der Waals surface area contributed by atoms with E-state index in [1.165, 1.54) is 17.4 Å². The second-order valence-electron chi connectivity index (χ2n) is 5.18. The van der Waals surface area contributed by atoms with Crippen molar-refractivity contribution in [1.29, 1.82) is 0 Å². The predicted octanol–water partition coefficient (Wildman–Crippen LogP) is 4.66. The SMILES string of the molecule is Cc1nc(-c2cc(Cl)ccc2F)sc1CNCC(C)C. The maximum atomic E-state index is 13.8. The lowest BCUT2D eigenvalue weighted by atomic mass is 10.2. The zero-order valence-electron chi connectivity index (χ0n) is 11.8. The second-order valence-corrected chi connectivity index (χ2v) is 6.70. The molecular formula is C15H18ClFN2S. The number of nitrogens with one attached hydrogen (secondary N) is 1. The highest BCUT2D eigenvalue weighted by Gasteiger charge is 2.13. The molecule has 0 unspecified atom stereocenters. The van der Waals surface area contributed by atoms with Gasteiger partial charge in [0.1, 0.15) is 10.8 Å². The molecule has 0 aliphatic heterocycles. The summed E-state index contributed by atoms with van der Waals surface area (Å²) in [5.74, 6) is 0.318. The van der Waals surface area contributed by atoms with Crippen molar-refractivity contribution < 1.29 is 4.39 Å². The maximum absolute atomic E-state index is 13.8. The van der Waals surface area contributed by atoms with Crippen LogP contribution in [0.3, 0.4) is 0 Å². The van der Waals surface area contributed by atoms with E-state index in [2.05, 4.69) is 24.1 Å². The second kappa shape index (κ2) is 6.66. The van der Waals surface area contributed by atoms with Gasteiger partial charge in [-0.15, -0.1) is 11.3 Å². The fraction of sp³-hybridized carbons (Fsp3) is 0.400. The van der Waals surface area contributed by atoms with E-state index in [1.807, 2.05) is 6.92 Å². The third kappa shape index (κ3) is 3.78. The summed E-state index contributed by atoms with van der Waals surface area (Å²) in [6.07, 6.45) is 0. The lowest BCUT2D eigenvalue weighted by molar-refractivity contribution is 0.554. The molecule has 1 aromatic heterocycles. The molecule has 108 valence electrons. The standard InChI is InChI=1S/C15H18ClFN2S/c1-9(2)7-18-8-14-10(3)19-15(20-14)12-6-11(16)4-5-13(12)17/h4-6,9,18H,7-8H2,1-3H3. The molecule has 5 heteroatoms. The van der Waals surface area contributed by atoms with E-state index in [4.69, 9.17) is 11.6 Å². The molecule has 0 aliphatic rings. The van der Waals surface area contributed by atoms with Crippen LogP contribution in [0.4, 0.5) is 4.39 Å². The Hall–Kier alpha value is -0.970. The fourth-order valence-corrected chi connectivity index (χ4v) is 3.07. The minimum atomic E-state index is -0.287. The monoisotopic (exact) mass is 312 g/mol. The molecule has 0 saturated heterocycles. The molecule has 0 bridgehead atoms. The van der Waals surface area contributed by atoms with E-state index < -0.39 is 0 Å². The highest BCUT2D eigenvalue weighted by atomic mass is 35.5. The first-order valence-corrected chi connectivity index (χ1v) is 7.79. The number of nitrogens with zero attached hydrogens (tertiary/aromatic N) is 1. The first-order chi connectivity index (χ1) is 9.47. The van der Waals surface area contributed by atoms with Crippen molar-refractivity contribution in [2.24, 2.45) is 5.92 Å². The van der Waals surface area contributed by atoms with Gasteiger partial charge in [-0.25, -0.2) is 9.37 Å². The van der Waals surface area contributed by atoms with Gasteiger partial charge in [0, 0.05) is 22.0 Å². The number of aryl methyl sites for hydroxylation is 1.